The Hall–Kier alpha value is -1.30. The molecule has 1 aromatic carbocycles. The van der Waals surface area contributed by atoms with Gasteiger partial charge >= 0.3 is 0 Å². The van der Waals surface area contributed by atoms with E-state index < -0.39 is 0 Å². The molecular formula is C19H25Cl2N3O2. The van der Waals surface area contributed by atoms with E-state index in [0.717, 1.165) is 39.0 Å². The summed E-state index contributed by atoms with van der Waals surface area (Å²) >= 11 is 6.22. The zero-order chi connectivity index (χ0) is 17.4. The molecule has 3 heterocycles. The number of carbonyl (C=O) groups is 2. The van der Waals surface area contributed by atoms with Crippen LogP contribution in [0.4, 0.5) is 5.69 Å². The van der Waals surface area contributed by atoms with Gasteiger partial charge in [-0.25, -0.2) is 0 Å². The zero-order valence-corrected chi connectivity index (χ0v) is 16.3. The molecule has 3 saturated heterocycles. The van der Waals surface area contributed by atoms with Crippen molar-refractivity contribution in [2.24, 2.45) is 11.3 Å². The standard InChI is InChI=1S/C19H24ClN3O2.ClH/c20-15-3-1-2-4-16(15)23-12-14(11-17(23)24)18(25)22-9-6-19(7-10-22)5-8-21-13-19;/h1-4,14,21H,5-13H2;1H. The Morgan fingerprint density at radius 1 is 1.19 bits per heavy atom. The van der Waals surface area contributed by atoms with Gasteiger partial charge in [-0.2, -0.15) is 0 Å². The summed E-state index contributed by atoms with van der Waals surface area (Å²) in [6.45, 7) is 4.24. The maximum Gasteiger partial charge on any atom is 0.228 e. The van der Waals surface area contributed by atoms with Gasteiger partial charge in [0.15, 0.2) is 0 Å². The molecule has 0 aromatic heterocycles. The quantitative estimate of drug-likeness (QED) is 0.834. The number of nitrogens with one attached hydrogen (secondary N) is 1. The summed E-state index contributed by atoms with van der Waals surface area (Å²) in [6, 6.07) is 7.32. The monoisotopic (exact) mass is 397 g/mol. The van der Waals surface area contributed by atoms with E-state index in [-0.39, 0.29) is 36.6 Å². The Labute approximate surface area is 165 Å². The number of anilines is 1. The van der Waals surface area contributed by atoms with Gasteiger partial charge < -0.3 is 15.1 Å². The van der Waals surface area contributed by atoms with E-state index in [0.29, 0.717) is 22.7 Å². The molecule has 2 amide bonds. The van der Waals surface area contributed by atoms with Crippen LogP contribution in [-0.2, 0) is 9.59 Å². The molecule has 4 rings (SSSR count). The number of piperidine rings is 1. The molecule has 0 bridgehead atoms. The predicted molar refractivity (Wildman–Crippen MR) is 105 cm³/mol. The highest BCUT2D eigenvalue weighted by Gasteiger charge is 2.42. The second-order valence-electron chi connectivity index (χ2n) is 7.61. The van der Waals surface area contributed by atoms with Crippen molar-refractivity contribution < 1.29 is 9.59 Å². The molecule has 7 heteroatoms. The summed E-state index contributed by atoms with van der Waals surface area (Å²) < 4.78 is 0. The minimum absolute atomic E-state index is 0. The van der Waals surface area contributed by atoms with Gasteiger partial charge in [-0.3, -0.25) is 9.59 Å². The molecule has 142 valence electrons. The fraction of sp³-hybridized carbons (Fsp3) is 0.579. The van der Waals surface area contributed by atoms with Crippen LogP contribution in [0.15, 0.2) is 24.3 Å². The smallest absolute Gasteiger partial charge is 0.228 e. The molecule has 1 aromatic rings. The molecule has 0 radical (unpaired) electrons. The van der Waals surface area contributed by atoms with Crippen LogP contribution < -0.4 is 10.2 Å². The lowest BCUT2D eigenvalue weighted by atomic mass is 9.77. The Bertz CT molecular complexity index is 681. The Balaban J connectivity index is 0.00000196. The number of hydrogen-bond donors (Lipinski definition) is 1. The summed E-state index contributed by atoms with van der Waals surface area (Å²) in [6.07, 6.45) is 3.64. The predicted octanol–water partition coefficient (Wildman–Crippen LogP) is 2.72. The van der Waals surface area contributed by atoms with Crippen LogP contribution in [0.2, 0.25) is 5.02 Å². The maximum absolute atomic E-state index is 12.9. The second-order valence-corrected chi connectivity index (χ2v) is 8.02. The summed E-state index contributed by atoms with van der Waals surface area (Å²) in [5, 5.41) is 4.00. The number of likely N-dealkylation sites (tertiary alicyclic amines) is 1. The summed E-state index contributed by atoms with van der Waals surface area (Å²) in [5.41, 5.74) is 1.10. The van der Waals surface area contributed by atoms with Crippen molar-refractivity contribution in [1.82, 2.24) is 10.2 Å². The lowest BCUT2D eigenvalue weighted by Gasteiger charge is -2.39. The van der Waals surface area contributed by atoms with E-state index in [1.807, 2.05) is 23.1 Å². The van der Waals surface area contributed by atoms with Gasteiger partial charge in [0.25, 0.3) is 0 Å². The first kappa shape index (κ1) is 19.5. The molecule has 5 nitrogen and oxygen atoms in total. The molecule has 1 N–H and O–H groups in total. The van der Waals surface area contributed by atoms with Gasteiger partial charge in [-0.05, 0) is 43.4 Å². The van der Waals surface area contributed by atoms with Gasteiger partial charge in [0.05, 0.1) is 16.6 Å². The van der Waals surface area contributed by atoms with Crippen LogP contribution in [0.5, 0.6) is 0 Å². The topological polar surface area (TPSA) is 52.7 Å². The number of carbonyl (C=O) groups excluding carboxylic acids is 2. The lowest BCUT2D eigenvalue weighted by molar-refractivity contribution is -0.137. The number of halogens is 2. The zero-order valence-electron chi connectivity index (χ0n) is 14.7. The Morgan fingerprint density at radius 3 is 2.58 bits per heavy atom. The van der Waals surface area contributed by atoms with Gasteiger partial charge in [0.1, 0.15) is 0 Å². The number of nitrogens with zero attached hydrogens (tertiary/aromatic N) is 2. The van der Waals surface area contributed by atoms with Crippen molar-refractivity contribution in [3.8, 4) is 0 Å². The Kier molecular flexibility index (Phi) is 5.80. The highest BCUT2D eigenvalue weighted by atomic mass is 35.5. The summed E-state index contributed by atoms with van der Waals surface area (Å²) in [4.78, 5) is 29.0. The maximum atomic E-state index is 12.9. The van der Waals surface area contributed by atoms with Crippen LogP contribution in [0.1, 0.15) is 25.7 Å². The lowest BCUT2D eigenvalue weighted by Crippen LogP contribution is -2.46. The third kappa shape index (κ3) is 3.57. The average Bonchev–Trinajstić information content (AvgIpc) is 3.23. The molecule has 1 spiro atoms. The number of hydrogen-bond acceptors (Lipinski definition) is 3. The van der Waals surface area contributed by atoms with Crippen LogP contribution in [0, 0.1) is 11.3 Å². The normalized spacial score (nSPS) is 24.8. The molecule has 3 fully saturated rings. The third-order valence-corrected chi connectivity index (χ3v) is 6.41. The van der Waals surface area contributed by atoms with Crippen molar-refractivity contribution in [2.75, 3.05) is 37.6 Å². The SMILES string of the molecule is Cl.O=C(C1CC(=O)N(c2ccccc2Cl)C1)N1CCC2(CCNC2)CC1. The van der Waals surface area contributed by atoms with Crippen LogP contribution in [0.3, 0.4) is 0 Å². The van der Waals surface area contributed by atoms with Crippen LogP contribution >= 0.6 is 24.0 Å². The van der Waals surface area contributed by atoms with Crippen molar-refractivity contribution in [3.05, 3.63) is 29.3 Å². The first-order chi connectivity index (χ1) is 12.1. The molecule has 26 heavy (non-hydrogen) atoms. The molecule has 0 aliphatic carbocycles. The van der Waals surface area contributed by atoms with E-state index in [2.05, 4.69) is 5.32 Å². The largest absolute Gasteiger partial charge is 0.342 e. The first-order valence-electron chi connectivity index (χ1n) is 9.12. The van der Waals surface area contributed by atoms with Gasteiger partial charge in [0.2, 0.25) is 11.8 Å². The summed E-state index contributed by atoms with van der Waals surface area (Å²) in [7, 11) is 0. The molecule has 1 unspecified atom stereocenters. The highest BCUT2D eigenvalue weighted by Crippen LogP contribution is 2.38. The number of para-hydroxylation sites is 1. The average molecular weight is 398 g/mol. The number of amides is 2. The first-order valence-corrected chi connectivity index (χ1v) is 9.50. The second kappa shape index (κ2) is 7.75. The molecule has 3 aliphatic heterocycles. The molecular weight excluding hydrogens is 373 g/mol. The van der Waals surface area contributed by atoms with Crippen molar-refractivity contribution in [1.29, 1.82) is 0 Å². The number of benzene rings is 1. The van der Waals surface area contributed by atoms with E-state index in [1.54, 1.807) is 11.0 Å². The minimum Gasteiger partial charge on any atom is -0.342 e. The molecule has 0 saturated carbocycles. The molecule has 1 atom stereocenters. The van der Waals surface area contributed by atoms with Crippen LogP contribution in [0.25, 0.3) is 0 Å². The highest BCUT2D eigenvalue weighted by molar-refractivity contribution is 6.33. The van der Waals surface area contributed by atoms with Gasteiger partial charge in [-0.1, -0.05) is 23.7 Å². The minimum atomic E-state index is -0.250. The fourth-order valence-electron chi connectivity index (χ4n) is 4.46. The third-order valence-electron chi connectivity index (χ3n) is 6.09. The van der Waals surface area contributed by atoms with E-state index in [4.69, 9.17) is 11.6 Å². The van der Waals surface area contributed by atoms with Crippen molar-refractivity contribution >= 4 is 41.5 Å². The van der Waals surface area contributed by atoms with Gasteiger partial charge in [0, 0.05) is 32.6 Å². The Morgan fingerprint density at radius 2 is 1.92 bits per heavy atom. The van der Waals surface area contributed by atoms with Gasteiger partial charge in [-0.15, -0.1) is 12.4 Å². The molecule has 3 aliphatic rings. The fourth-order valence-corrected chi connectivity index (χ4v) is 4.70. The number of rotatable bonds is 2. The van der Waals surface area contributed by atoms with Crippen molar-refractivity contribution in [3.63, 3.8) is 0 Å². The van der Waals surface area contributed by atoms with E-state index >= 15 is 0 Å². The summed E-state index contributed by atoms with van der Waals surface area (Å²) in [5.74, 6) is -0.136. The van der Waals surface area contributed by atoms with Crippen LogP contribution in [-0.4, -0.2) is 49.4 Å². The van der Waals surface area contributed by atoms with E-state index in [1.165, 1.54) is 6.42 Å². The van der Waals surface area contributed by atoms with Crippen molar-refractivity contribution in [2.45, 2.75) is 25.7 Å². The van der Waals surface area contributed by atoms with E-state index in [9.17, 15) is 9.59 Å².